The Kier molecular flexibility index (Phi) is 6.94. The molecule has 1 unspecified atom stereocenters. The molecule has 0 fully saturated rings. The molecular formula is C15H25NO2. The molecule has 3 heteroatoms. The summed E-state index contributed by atoms with van der Waals surface area (Å²) in [4.78, 5) is 0. The Morgan fingerprint density at radius 1 is 1.22 bits per heavy atom. The fourth-order valence-electron chi connectivity index (χ4n) is 1.91. The van der Waals surface area contributed by atoms with Gasteiger partial charge in [-0.25, -0.2) is 0 Å². The first-order chi connectivity index (χ1) is 8.65. The van der Waals surface area contributed by atoms with E-state index in [1.807, 2.05) is 0 Å². The molecule has 0 aliphatic rings. The second kappa shape index (κ2) is 8.25. The summed E-state index contributed by atoms with van der Waals surface area (Å²) in [5.74, 6) is 0. The topological polar surface area (TPSA) is 30.5 Å². The third-order valence-corrected chi connectivity index (χ3v) is 3.11. The number of ether oxygens (including phenoxy) is 2. The molecule has 1 rings (SSSR count). The summed E-state index contributed by atoms with van der Waals surface area (Å²) in [5.41, 5.74) is 2.73. The van der Waals surface area contributed by atoms with Crippen LogP contribution in [0.15, 0.2) is 24.3 Å². The summed E-state index contributed by atoms with van der Waals surface area (Å²) in [7, 11) is 3.32. The van der Waals surface area contributed by atoms with Crippen molar-refractivity contribution in [2.75, 3.05) is 20.8 Å². The van der Waals surface area contributed by atoms with E-state index in [4.69, 9.17) is 9.47 Å². The molecule has 0 aliphatic heterocycles. The quantitative estimate of drug-likeness (QED) is 0.720. The lowest BCUT2D eigenvalue weighted by molar-refractivity contribution is -0.0997. The van der Waals surface area contributed by atoms with Gasteiger partial charge in [-0.3, -0.25) is 0 Å². The average Bonchev–Trinajstić information content (AvgIpc) is 2.37. The van der Waals surface area contributed by atoms with E-state index < -0.39 is 0 Å². The van der Waals surface area contributed by atoms with Gasteiger partial charge < -0.3 is 14.8 Å². The number of aryl methyl sites for hydroxylation is 2. The first-order valence-electron chi connectivity index (χ1n) is 6.50. The SMILES string of the molecule is COC(CNC(C)CCc1cccc(C)c1)OC. The minimum absolute atomic E-state index is 0.161. The zero-order valence-electron chi connectivity index (χ0n) is 11.9. The highest BCUT2D eigenvalue weighted by atomic mass is 16.7. The fraction of sp³-hybridized carbons (Fsp3) is 0.600. The molecule has 0 radical (unpaired) electrons. The zero-order chi connectivity index (χ0) is 13.4. The number of rotatable bonds is 8. The molecule has 0 bridgehead atoms. The lowest BCUT2D eigenvalue weighted by Crippen LogP contribution is -2.35. The molecular weight excluding hydrogens is 226 g/mol. The van der Waals surface area contributed by atoms with Gasteiger partial charge in [-0.1, -0.05) is 29.8 Å². The van der Waals surface area contributed by atoms with Crippen LogP contribution >= 0.6 is 0 Å². The van der Waals surface area contributed by atoms with Crippen LogP contribution in [0.5, 0.6) is 0 Å². The lowest BCUT2D eigenvalue weighted by atomic mass is 10.0. The van der Waals surface area contributed by atoms with Crippen LogP contribution in [-0.4, -0.2) is 33.1 Å². The second-order valence-electron chi connectivity index (χ2n) is 4.74. The maximum Gasteiger partial charge on any atom is 0.169 e. The molecule has 1 atom stereocenters. The van der Waals surface area contributed by atoms with Crippen molar-refractivity contribution in [2.24, 2.45) is 0 Å². The highest BCUT2D eigenvalue weighted by Crippen LogP contribution is 2.08. The van der Waals surface area contributed by atoms with Crippen LogP contribution in [0.1, 0.15) is 24.5 Å². The number of nitrogens with one attached hydrogen (secondary N) is 1. The van der Waals surface area contributed by atoms with E-state index in [0.717, 1.165) is 19.4 Å². The number of benzene rings is 1. The molecule has 0 aromatic heterocycles. The normalized spacial score (nSPS) is 12.9. The number of methoxy groups -OCH3 is 2. The predicted octanol–water partition coefficient (Wildman–Crippen LogP) is 2.52. The summed E-state index contributed by atoms with van der Waals surface area (Å²) >= 11 is 0. The molecule has 0 saturated carbocycles. The standard InChI is InChI=1S/C15H25NO2/c1-12-6-5-7-14(10-12)9-8-13(2)16-11-15(17-3)18-4/h5-7,10,13,15-16H,8-9,11H2,1-4H3. The molecule has 0 amide bonds. The lowest BCUT2D eigenvalue weighted by Gasteiger charge is -2.18. The molecule has 1 aromatic carbocycles. The van der Waals surface area contributed by atoms with Crippen LogP contribution in [0, 0.1) is 6.92 Å². The van der Waals surface area contributed by atoms with Crippen molar-refractivity contribution >= 4 is 0 Å². The van der Waals surface area contributed by atoms with Crippen molar-refractivity contribution in [1.82, 2.24) is 5.32 Å². The Morgan fingerprint density at radius 3 is 2.56 bits per heavy atom. The summed E-state index contributed by atoms with van der Waals surface area (Å²) in [6.07, 6.45) is 2.05. The van der Waals surface area contributed by atoms with E-state index in [2.05, 4.69) is 43.4 Å². The van der Waals surface area contributed by atoms with E-state index >= 15 is 0 Å². The maximum absolute atomic E-state index is 5.14. The maximum atomic E-state index is 5.14. The first-order valence-corrected chi connectivity index (χ1v) is 6.50. The predicted molar refractivity (Wildman–Crippen MR) is 74.8 cm³/mol. The van der Waals surface area contributed by atoms with Crippen LogP contribution in [-0.2, 0) is 15.9 Å². The van der Waals surface area contributed by atoms with Gasteiger partial charge in [-0.15, -0.1) is 0 Å². The summed E-state index contributed by atoms with van der Waals surface area (Å²) in [6, 6.07) is 9.15. The van der Waals surface area contributed by atoms with Crippen LogP contribution in [0.25, 0.3) is 0 Å². The van der Waals surface area contributed by atoms with Crippen LogP contribution in [0.3, 0.4) is 0 Å². The monoisotopic (exact) mass is 251 g/mol. The van der Waals surface area contributed by atoms with Crippen molar-refractivity contribution < 1.29 is 9.47 Å². The van der Waals surface area contributed by atoms with Crippen LogP contribution in [0.4, 0.5) is 0 Å². The first kappa shape index (κ1) is 15.2. The largest absolute Gasteiger partial charge is 0.355 e. The summed E-state index contributed by atoms with van der Waals surface area (Å²) in [5, 5.41) is 3.42. The van der Waals surface area contributed by atoms with Gasteiger partial charge in [0.15, 0.2) is 6.29 Å². The highest BCUT2D eigenvalue weighted by molar-refractivity contribution is 5.22. The second-order valence-corrected chi connectivity index (χ2v) is 4.74. The Morgan fingerprint density at radius 2 is 1.94 bits per heavy atom. The van der Waals surface area contributed by atoms with Crippen molar-refractivity contribution in [3.05, 3.63) is 35.4 Å². The molecule has 1 N–H and O–H groups in total. The van der Waals surface area contributed by atoms with E-state index in [-0.39, 0.29) is 6.29 Å². The van der Waals surface area contributed by atoms with Crippen LogP contribution < -0.4 is 5.32 Å². The number of hydrogen-bond acceptors (Lipinski definition) is 3. The van der Waals surface area contributed by atoms with Gasteiger partial charge in [-0.2, -0.15) is 0 Å². The van der Waals surface area contributed by atoms with Crippen molar-refractivity contribution in [3.8, 4) is 0 Å². The Bertz CT molecular complexity index is 337. The summed E-state index contributed by atoms with van der Waals surface area (Å²) < 4.78 is 10.3. The minimum atomic E-state index is -0.161. The molecule has 0 heterocycles. The van der Waals surface area contributed by atoms with E-state index in [0.29, 0.717) is 6.04 Å². The molecule has 0 spiro atoms. The van der Waals surface area contributed by atoms with Gasteiger partial charge in [0, 0.05) is 26.8 Å². The highest BCUT2D eigenvalue weighted by Gasteiger charge is 2.07. The average molecular weight is 251 g/mol. The minimum Gasteiger partial charge on any atom is -0.355 e. The van der Waals surface area contributed by atoms with Crippen molar-refractivity contribution in [3.63, 3.8) is 0 Å². The molecule has 3 nitrogen and oxygen atoms in total. The Labute approximate surface area is 110 Å². The van der Waals surface area contributed by atoms with Crippen molar-refractivity contribution in [1.29, 1.82) is 0 Å². The summed E-state index contributed by atoms with van der Waals surface area (Å²) in [6.45, 7) is 5.05. The van der Waals surface area contributed by atoms with Gasteiger partial charge in [-0.05, 0) is 32.3 Å². The molecule has 0 aliphatic carbocycles. The van der Waals surface area contributed by atoms with E-state index in [1.165, 1.54) is 11.1 Å². The Hall–Kier alpha value is -0.900. The molecule has 102 valence electrons. The zero-order valence-corrected chi connectivity index (χ0v) is 11.9. The van der Waals surface area contributed by atoms with E-state index in [1.54, 1.807) is 14.2 Å². The molecule has 0 saturated heterocycles. The Balaban J connectivity index is 2.26. The van der Waals surface area contributed by atoms with E-state index in [9.17, 15) is 0 Å². The van der Waals surface area contributed by atoms with Gasteiger partial charge in [0.25, 0.3) is 0 Å². The van der Waals surface area contributed by atoms with Crippen molar-refractivity contribution in [2.45, 2.75) is 39.0 Å². The fourth-order valence-corrected chi connectivity index (χ4v) is 1.91. The smallest absolute Gasteiger partial charge is 0.169 e. The van der Waals surface area contributed by atoms with Gasteiger partial charge in [0.05, 0.1) is 0 Å². The molecule has 18 heavy (non-hydrogen) atoms. The van der Waals surface area contributed by atoms with Gasteiger partial charge in [0.1, 0.15) is 0 Å². The van der Waals surface area contributed by atoms with Gasteiger partial charge in [0.2, 0.25) is 0 Å². The van der Waals surface area contributed by atoms with Crippen LogP contribution in [0.2, 0.25) is 0 Å². The third kappa shape index (κ3) is 5.63. The molecule has 1 aromatic rings. The third-order valence-electron chi connectivity index (χ3n) is 3.11. The van der Waals surface area contributed by atoms with Gasteiger partial charge >= 0.3 is 0 Å². The number of hydrogen-bond donors (Lipinski definition) is 1.